The van der Waals surface area contributed by atoms with Crippen molar-refractivity contribution in [3.05, 3.63) is 51.9 Å². The van der Waals surface area contributed by atoms with Crippen LogP contribution in [0.1, 0.15) is 30.9 Å². The third kappa shape index (κ3) is 4.37. The number of benzene rings is 1. The quantitative estimate of drug-likeness (QED) is 0.790. The first-order valence-electron chi connectivity index (χ1n) is 8.81. The molecule has 1 aromatic carbocycles. The van der Waals surface area contributed by atoms with E-state index in [0.29, 0.717) is 30.3 Å². The zero-order valence-corrected chi connectivity index (χ0v) is 17.8. The fourth-order valence-electron chi connectivity index (χ4n) is 3.34. The second-order valence-corrected chi connectivity index (χ2v) is 11.1. The molecule has 0 unspecified atom stereocenters. The van der Waals surface area contributed by atoms with Gasteiger partial charge in [0.25, 0.3) is 10.0 Å². The molecule has 146 valence electrons. The fourth-order valence-corrected chi connectivity index (χ4v) is 6.58. The van der Waals surface area contributed by atoms with Crippen LogP contribution in [0, 0.1) is 12.3 Å². The minimum atomic E-state index is -3.63. The van der Waals surface area contributed by atoms with Gasteiger partial charge in [0, 0.05) is 19.6 Å². The van der Waals surface area contributed by atoms with E-state index in [0.717, 1.165) is 22.5 Å². The van der Waals surface area contributed by atoms with E-state index in [9.17, 15) is 13.2 Å². The van der Waals surface area contributed by atoms with Crippen molar-refractivity contribution >= 4 is 38.9 Å². The summed E-state index contributed by atoms with van der Waals surface area (Å²) in [5.74, 6) is -0.116. The van der Waals surface area contributed by atoms with E-state index in [1.165, 1.54) is 10.4 Å². The lowest BCUT2D eigenvalue weighted by Gasteiger charge is -2.38. The van der Waals surface area contributed by atoms with Gasteiger partial charge in [0.2, 0.25) is 5.91 Å². The Kier molecular flexibility index (Phi) is 5.96. The van der Waals surface area contributed by atoms with Crippen LogP contribution in [-0.4, -0.2) is 31.7 Å². The highest BCUT2D eigenvalue weighted by atomic mass is 35.5. The van der Waals surface area contributed by atoms with E-state index in [-0.39, 0.29) is 16.7 Å². The van der Waals surface area contributed by atoms with Gasteiger partial charge in [-0.05, 0) is 49.9 Å². The lowest BCUT2D eigenvalue weighted by Crippen LogP contribution is -2.51. The summed E-state index contributed by atoms with van der Waals surface area (Å²) in [6.07, 6.45) is 1.30. The molecule has 1 saturated heterocycles. The number of hydrogen-bond donors (Lipinski definition) is 1. The molecule has 1 aromatic heterocycles. The Labute approximate surface area is 169 Å². The molecule has 1 atom stereocenters. The number of hydrogen-bond acceptors (Lipinski definition) is 4. The molecule has 0 spiro atoms. The Morgan fingerprint density at radius 2 is 2.04 bits per heavy atom. The molecule has 5 nitrogen and oxygen atoms in total. The molecule has 1 aliphatic rings. The van der Waals surface area contributed by atoms with Gasteiger partial charge in [0.15, 0.2) is 0 Å². The van der Waals surface area contributed by atoms with E-state index in [1.54, 1.807) is 6.07 Å². The Bertz CT molecular complexity index is 942. The molecule has 27 heavy (non-hydrogen) atoms. The maximum absolute atomic E-state index is 12.9. The zero-order valence-electron chi connectivity index (χ0n) is 15.4. The molecule has 0 bridgehead atoms. The molecule has 0 saturated carbocycles. The van der Waals surface area contributed by atoms with Gasteiger partial charge < -0.3 is 5.32 Å². The van der Waals surface area contributed by atoms with Crippen molar-refractivity contribution in [3.63, 3.8) is 0 Å². The lowest BCUT2D eigenvalue weighted by atomic mass is 9.82. The molecule has 0 aliphatic carbocycles. The van der Waals surface area contributed by atoms with Gasteiger partial charge in [0.05, 0.1) is 9.75 Å². The van der Waals surface area contributed by atoms with Crippen LogP contribution in [0.2, 0.25) is 4.34 Å². The number of rotatable bonds is 5. The van der Waals surface area contributed by atoms with E-state index in [4.69, 9.17) is 11.6 Å². The number of aryl methyl sites for hydroxylation is 1. The highest BCUT2D eigenvalue weighted by Crippen LogP contribution is 2.35. The highest BCUT2D eigenvalue weighted by Gasteiger charge is 2.42. The van der Waals surface area contributed by atoms with Crippen LogP contribution in [0.4, 0.5) is 0 Å². The monoisotopic (exact) mass is 426 g/mol. The molecule has 2 aromatic rings. The third-order valence-corrected chi connectivity index (χ3v) is 8.60. The number of nitrogens with zero attached hydrogens (tertiary/aromatic N) is 1. The van der Waals surface area contributed by atoms with E-state index in [1.807, 2.05) is 38.1 Å². The number of piperidine rings is 1. The van der Waals surface area contributed by atoms with E-state index in [2.05, 4.69) is 5.32 Å². The number of thiophene rings is 1. The summed E-state index contributed by atoms with van der Waals surface area (Å²) in [5, 5.41) is 2.99. The van der Waals surface area contributed by atoms with Crippen molar-refractivity contribution in [1.29, 1.82) is 0 Å². The first-order chi connectivity index (χ1) is 12.7. The highest BCUT2D eigenvalue weighted by molar-refractivity contribution is 7.91. The SMILES string of the molecule is Cc1ccccc1CNC(=O)[C@@]1(C)CCCN(S(=O)(=O)c2ccc(Cl)s2)C1. The largest absolute Gasteiger partial charge is 0.352 e. The Hall–Kier alpha value is -1.41. The second-order valence-electron chi connectivity index (χ2n) is 7.17. The van der Waals surface area contributed by atoms with E-state index < -0.39 is 15.4 Å². The van der Waals surface area contributed by atoms with Crippen LogP contribution in [0.25, 0.3) is 0 Å². The van der Waals surface area contributed by atoms with Crippen molar-refractivity contribution in [2.75, 3.05) is 13.1 Å². The van der Waals surface area contributed by atoms with Gasteiger partial charge in [-0.3, -0.25) is 4.79 Å². The third-order valence-electron chi connectivity index (χ3n) is 5.05. The molecule has 8 heteroatoms. The predicted octanol–water partition coefficient (Wildman–Crippen LogP) is 3.82. The average molecular weight is 427 g/mol. The Balaban J connectivity index is 1.72. The summed E-state index contributed by atoms with van der Waals surface area (Å²) in [6, 6.07) is 11.0. The van der Waals surface area contributed by atoms with Crippen LogP contribution in [0.3, 0.4) is 0 Å². The molecule has 3 rings (SSSR count). The first kappa shape index (κ1) is 20.3. The minimum Gasteiger partial charge on any atom is -0.352 e. The molecule has 2 heterocycles. The van der Waals surface area contributed by atoms with Crippen molar-refractivity contribution in [3.8, 4) is 0 Å². The van der Waals surface area contributed by atoms with Gasteiger partial charge >= 0.3 is 0 Å². The topological polar surface area (TPSA) is 66.5 Å². The van der Waals surface area contributed by atoms with Crippen LogP contribution in [-0.2, 0) is 21.4 Å². The molecule has 1 amide bonds. The number of carbonyl (C=O) groups excluding carboxylic acids is 1. The van der Waals surface area contributed by atoms with Gasteiger partial charge in [-0.25, -0.2) is 8.42 Å². The molecule has 1 N–H and O–H groups in total. The van der Waals surface area contributed by atoms with Crippen molar-refractivity contribution in [2.24, 2.45) is 5.41 Å². The number of carbonyl (C=O) groups is 1. The van der Waals surface area contributed by atoms with Gasteiger partial charge in [-0.2, -0.15) is 4.31 Å². The smallest absolute Gasteiger partial charge is 0.252 e. The Morgan fingerprint density at radius 3 is 2.70 bits per heavy atom. The van der Waals surface area contributed by atoms with E-state index >= 15 is 0 Å². The zero-order chi connectivity index (χ0) is 19.7. The number of sulfonamides is 1. The molecule has 0 radical (unpaired) electrons. The summed E-state index contributed by atoms with van der Waals surface area (Å²) in [7, 11) is -3.63. The maximum atomic E-state index is 12.9. The summed E-state index contributed by atoms with van der Waals surface area (Å²) in [6.45, 7) is 4.87. The lowest BCUT2D eigenvalue weighted by molar-refractivity contribution is -0.132. The van der Waals surface area contributed by atoms with Crippen molar-refractivity contribution < 1.29 is 13.2 Å². The normalized spacial score (nSPS) is 21.1. The number of amides is 1. The molecule has 1 aliphatic heterocycles. The van der Waals surface area contributed by atoms with Gasteiger partial charge in [0.1, 0.15) is 4.21 Å². The van der Waals surface area contributed by atoms with Crippen LogP contribution < -0.4 is 5.32 Å². The standard InChI is InChI=1S/C19H23ClN2O3S2/c1-14-6-3-4-7-15(14)12-21-18(23)19(2)10-5-11-22(13-19)27(24,25)17-9-8-16(20)26-17/h3-4,6-9H,5,10-13H2,1-2H3,(H,21,23)/t19-/m0/s1. The summed E-state index contributed by atoms with van der Waals surface area (Å²) in [4.78, 5) is 12.9. The molecular formula is C19H23ClN2O3S2. The average Bonchev–Trinajstić information content (AvgIpc) is 3.08. The van der Waals surface area contributed by atoms with Gasteiger partial charge in [-0.1, -0.05) is 35.9 Å². The second kappa shape index (κ2) is 7.91. The van der Waals surface area contributed by atoms with Crippen LogP contribution in [0.15, 0.2) is 40.6 Å². The van der Waals surface area contributed by atoms with Crippen LogP contribution in [0.5, 0.6) is 0 Å². The summed E-state index contributed by atoms with van der Waals surface area (Å²) < 4.78 is 27.8. The van der Waals surface area contributed by atoms with Crippen molar-refractivity contribution in [2.45, 2.75) is 37.4 Å². The first-order valence-corrected chi connectivity index (χ1v) is 11.4. The number of halogens is 1. The summed E-state index contributed by atoms with van der Waals surface area (Å²) in [5.41, 5.74) is 1.42. The minimum absolute atomic E-state index is 0.116. The van der Waals surface area contributed by atoms with Crippen molar-refractivity contribution in [1.82, 2.24) is 9.62 Å². The van der Waals surface area contributed by atoms with Crippen LogP contribution >= 0.6 is 22.9 Å². The maximum Gasteiger partial charge on any atom is 0.252 e. The molecule has 1 fully saturated rings. The summed E-state index contributed by atoms with van der Waals surface area (Å²) >= 11 is 6.94. The Morgan fingerprint density at radius 1 is 1.30 bits per heavy atom. The number of nitrogens with one attached hydrogen (secondary N) is 1. The molecular weight excluding hydrogens is 404 g/mol. The fraction of sp³-hybridized carbons (Fsp3) is 0.421. The van der Waals surface area contributed by atoms with Gasteiger partial charge in [-0.15, -0.1) is 11.3 Å². The predicted molar refractivity (Wildman–Crippen MR) is 108 cm³/mol.